The summed E-state index contributed by atoms with van der Waals surface area (Å²) in [7, 11) is 0. The van der Waals surface area contributed by atoms with Gasteiger partial charge in [-0.05, 0) is 31.2 Å². The molecule has 1 atom stereocenters. The van der Waals surface area contributed by atoms with Crippen LogP contribution < -0.4 is 19.7 Å². The van der Waals surface area contributed by atoms with Gasteiger partial charge < -0.3 is 19.7 Å². The average Bonchev–Trinajstić information content (AvgIpc) is 3.39. The smallest absolute Gasteiger partial charge is 0.229 e. The summed E-state index contributed by atoms with van der Waals surface area (Å²) in [5.74, 6) is 0.624. The Bertz CT molecular complexity index is 1160. The monoisotopic (exact) mass is 435 g/mol. The molecule has 0 spiro atoms. The SMILES string of the molecule is Cc1nc(-c2cccc(NC(=O)[C@H]3CC(=O)N(c4ccc5c(c4)OCCO5)C3)c2)cs1. The lowest BCUT2D eigenvalue weighted by Crippen LogP contribution is -2.28. The second-order valence-electron chi connectivity index (χ2n) is 7.56. The number of benzene rings is 2. The molecular weight excluding hydrogens is 414 g/mol. The first-order valence-corrected chi connectivity index (χ1v) is 11.0. The van der Waals surface area contributed by atoms with Gasteiger partial charge in [-0.1, -0.05) is 12.1 Å². The van der Waals surface area contributed by atoms with Crippen molar-refractivity contribution in [3.8, 4) is 22.8 Å². The maximum atomic E-state index is 12.9. The van der Waals surface area contributed by atoms with E-state index in [9.17, 15) is 9.59 Å². The third-order valence-electron chi connectivity index (χ3n) is 5.38. The van der Waals surface area contributed by atoms with Crippen LogP contribution in [0.5, 0.6) is 11.5 Å². The Morgan fingerprint density at radius 1 is 1.16 bits per heavy atom. The second kappa shape index (κ2) is 8.03. The Balaban J connectivity index is 1.28. The van der Waals surface area contributed by atoms with Crippen molar-refractivity contribution in [3.63, 3.8) is 0 Å². The Kier molecular flexibility index (Phi) is 5.07. The van der Waals surface area contributed by atoms with Crippen LogP contribution in [0.15, 0.2) is 47.8 Å². The van der Waals surface area contributed by atoms with Crippen molar-refractivity contribution >= 4 is 34.5 Å². The van der Waals surface area contributed by atoms with Crippen LogP contribution in [0.25, 0.3) is 11.3 Å². The number of hydrogen-bond donors (Lipinski definition) is 1. The second-order valence-corrected chi connectivity index (χ2v) is 8.62. The molecule has 3 heterocycles. The van der Waals surface area contributed by atoms with E-state index in [-0.39, 0.29) is 18.2 Å². The van der Waals surface area contributed by atoms with Gasteiger partial charge in [0, 0.05) is 41.4 Å². The molecule has 3 aromatic rings. The number of ether oxygens (including phenoxy) is 2. The Hall–Kier alpha value is -3.39. The number of thiazole rings is 1. The van der Waals surface area contributed by atoms with E-state index in [1.807, 2.05) is 42.6 Å². The number of nitrogens with zero attached hydrogens (tertiary/aromatic N) is 2. The molecule has 0 saturated carbocycles. The van der Waals surface area contributed by atoms with Gasteiger partial charge in [-0.3, -0.25) is 9.59 Å². The molecule has 2 aromatic carbocycles. The summed E-state index contributed by atoms with van der Waals surface area (Å²) in [6, 6.07) is 13.0. The van der Waals surface area contributed by atoms with Crippen molar-refractivity contribution in [2.75, 3.05) is 30.0 Å². The Labute approximate surface area is 183 Å². The molecule has 1 fully saturated rings. The highest BCUT2D eigenvalue weighted by atomic mass is 32.1. The van der Waals surface area contributed by atoms with E-state index in [2.05, 4.69) is 10.3 Å². The van der Waals surface area contributed by atoms with Crippen molar-refractivity contribution in [3.05, 3.63) is 52.9 Å². The number of amides is 2. The predicted molar refractivity (Wildman–Crippen MR) is 119 cm³/mol. The summed E-state index contributed by atoms with van der Waals surface area (Å²) >= 11 is 1.59. The van der Waals surface area contributed by atoms with Gasteiger partial charge in [-0.15, -0.1) is 11.3 Å². The summed E-state index contributed by atoms with van der Waals surface area (Å²) in [5, 5.41) is 5.95. The Morgan fingerprint density at radius 3 is 2.81 bits per heavy atom. The third kappa shape index (κ3) is 3.98. The maximum Gasteiger partial charge on any atom is 0.229 e. The van der Waals surface area contributed by atoms with Gasteiger partial charge in [0.1, 0.15) is 13.2 Å². The minimum atomic E-state index is -0.425. The summed E-state index contributed by atoms with van der Waals surface area (Å²) in [5.41, 5.74) is 3.24. The highest BCUT2D eigenvalue weighted by Crippen LogP contribution is 2.36. The molecule has 8 heteroatoms. The van der Waals surface area contributed by atoms with Gasteiger partial charge in [-0.25, -0.2) is 4.98 Å². The predicted octanol–water partition coefficient (Wildman–Crippen LogP) is 3.88. The fourth-order valence-electron chi connectivity index (χ4n) is 3.83. The van der Waals surface area contributed by atoms with Gasteiger partial charge in [0.15, 0.2) is 11.5 Å². The van der Waals surface area contributed by atoms with E-state index in [1.165, 1.54) is 0 Å². The number of carbonyl (C=O) groups excluding carboxylic acids is 2. The van der Waals surface area contributed by atoms with Crippen LogP contribution in [-0.2, 0) is 9.59 Å². The van der Waals surface area contributed by atoms with Crippen LogP contribution in [0.4, 0.5) is 11.4 Å². The average molecular weight is 436 g/mol. The van der Waals surface area contributed by atoms with Crippen LogP contribution in [0, 0.1) is 12.8 Å². The zero-order valence-corrected chi connectivity index (χ0v) is 17.8. The van der Waals surface area contributed by atoms with Crippen molar-refractivity contribution < 1.29 is 19.1 Å². The van der Waals surface area contributed by atoms with Gasteiger partial charge in [0.05, 0.1) is 16.6 Å². The van der Waals surface area contributed by atoms with E-state index in [1.54, 1.807) is 28.4 Å². The molecule has 2 aliphatic heterocycles. The highest BCUT2D eigenvalue weighted by molar-refractivity contribution is 7.09. The number of aryl methyl sites for hydroxylation is 1. The van der Waals surface area contributed by atoms with Crippen LogP contribution in [0.2, 0.25) is 0 Å². The lowest BCUT2D eigenvalue weighted by atomic mass is 10.1. The number of aromatic nitrogens is 1. The standard InChI is InChI=1S/C23H21N3O4S/c1-14-24-19(13-31-14)15-3-2-4-17(9-15)25-23(28)16-10-22(27)26(12-16)18-5-6-20-21(11-18)30-8-7-29-20/h2-6,9,11,13,16H,7-8,10,12H2,1H3,(H,25,28)/t16-/m0/s1. The van der Waals surface area contributed by atoms with E-state index in [4.69, 9.17) is 9.47 Å². The van der Waals surface area contributed by atoms with Crippen LogP contribution in [-0.4, -0.2) is 36.6 Å². The fourth-order valence-corrected chi connectivity index (χ4v) is 4.45. The maximum absolute atomic E-state index is 12.9. The minimum absolute atomic E-state index is 0.0801. The first-order chi connectivity index (χ1) is 15.1. The zero-order chi connectivity index (χ0) is 21.4. The van der Waals surface area contributed by atoms with Gasteiger partial charge in [-0.2, -0.15) is 0 Å². The molecule has 2 amide bonds. The fraction of sp³-hybridized carbons (Fsp3) is 0.261. The molecule has 0 aliphatic carbocycles. The van der Waals surface area contributed by atoms with Crippen molar-refractivity contribution in [2.24, 2.45) is 5.92 Å². The molecule has 5 rings (SSSR count). The van der Waals surface area contributed by atoms with Crippen molar-refractivity contribution in [1.82, 2.24) is 4.98 Å². The van der Waals surface area contributed by atoms with Crippen LogP contribution in [0.3, 0.4) is 0 Å². The summed E-state index contributed by atoms with van der Waals surface area (Å²) < 4.78 is 11.2. The molecule has 0 bridgehead atoms. The Morgan fingerprint density at radius 2 is 2.00 bits per heavy atom. The van der Waals surface area contributed by atoms with E-state index < -0.39 is 5.92 Å². The molecular formula is C23H21N3O4S. The normalized spacial score (nSPS) is 17.6. The van der Waals surface area contributed by atoms with E-state index in [0.29, 0.717) is 42.6 Å². The topological polar surface area (TPSA) is 80.8 Å². The first kappa shape index (κ1) is 19.6. The number of carbonyl (C=O) groups is 2. The number of hydrogen-bond acceptors (Lipinski definition) is 6. The lowest BCUT2D eigenvalue weighted by molar-refractivity contribution is -0.122. The number of fused-ring (bicyclic) bond motifs is 1. The summed E-state index contributed by atoms with van der Waals surface area (Å²) in [6.07, 6.45) is 0.172. The molecule has 1 N–H and O–H groups in total. The molecule has 0 radical (unpaired) electrons. The minimum Gasteiger partial charge on any atom is -0.486 e. The molecule has 1 saturated heterocycles. The third-order valence-corrected chi connectivity index (χ3v) is 6.15. The largest absolute Gasteiger partial charge is 0.486 e. The molecule has 1 aromatic heterocycles. The van der Waals surface area contributed by atoms with Crippen LogP contribution in [0.1, 0.15) is 11.4 Å². The summed E-state index contributed by atoms with van der Waals surface area (Å²) in [6.45, 7) is 3.29. The van der Waals surface area contributed by atoms with E-state index in [0.717, 1.165) is 16.3 Å². The summed E-state index contributed by atoms with van der Waals surface area (Å²) in [4.78, 5) is 31.6. The van der Waals surface area contributed by atoms with Gasteiger partial charge in [0.25, 0.3) is 0 Å². The lowest BCUT2D eigenvalue weighted by Gasteiger charge is -2.22. The zero-order valence-electron chi connectivity index (χ0n) is 17.0. The van der Waals surface area contributed by atoms with Gasteiger partial charge >= 0.3 is 0 Å². The molecule has 158 valence electrons. The molecule has 0 unspecified atom stereocenters. The van der Waals surface area contributed by atoms with Crippen LogP contribution >= 0.6 is 11.3 Å². The molecule has 2 aliphatic rings. The molecule has 7 nitrogen and oxygen atoms in total. The number of anilines is 2. The highest BCUT2D eigenvalue weighted by Gasteiger charge is 2.35. The van der Waals surface area contributed by atoms with Crippen molar-refractivity contribution in [2.45, 2.75) is 13.3 Å². The quantitative estimate of drug-likeness (QED) is 0.673. The number of rotatable bonds is 4. The van der Waals surface area contributed by atoms with Crippen molar-refractivity contribution in [1.29, 1.82) is 0 Å². The number of nitrogens with one attached hydrogen (secondary N) is 1. The van der Waals surface area contributed by atoms with Gasteiger partial charge in [0.2, 0.25) is 11.8 Å². The first-order valence-electron chi connectivity index (χ1n) is 10.1. The van der Waals surface area contributed by atoms with E-state index >= 15 is 0 Å². The molecule has 31 heavy (non-hydrogen) atoms.